The number of carbonyl (C=O) groups is 1. The van der Waals surface area contributed by atoms with Crippen molar-refractivity contribution in [3.05, 3.63) is 29.5 Å². The topological polar surface area (TPSA) is 62.3 Å². The highest BCUT2D eigenvalue weighted by atomic mass is 16.5. The summed E-state index contributed by atoms with van der Waals surface area (Å²) in [6.45, 7) is 1.95. The molecule has 1 aromatic heterocycles. The van der Waals surface area contributed by atoms with E-state index in [1.165, 1.54) is 0 Å². The van der Waals surface area contributed by atoms with E-state index in [0.29, 0.717) is 6.42 Å². The lowest BCUT2D eigenvalue weighted by atomic mass is 10.1. The van der Waals surface area contributed by atoms with Crippen molar-refractivity contribution < 1.29 is 14.6 Å². The molecule has 2 rings (SSSR count). The maximum atomic E-state index is 10.6. The van der Waals surface area contributed by atoms with E-state index in [4.69, 9.17) is 9.84 Å². The van der Waals surface area contributed by atoms with Crippen LogP contribution in [0.25, 0.3) is 10.9 Å². The smallest absolute Gasteiger partial charge is 0.303 e. The van der Waals surface area contributed by atoms with Crippen LogP contribution in [0.3, 0.4) is 0 Å². The fourth-order valence-corrected chi connectivity index (χ4v) is 2.10. The Morgan fingerprint density at radius 2 is 2.24 bits per heavy atom. The minimum atomic E-state index is -0.776. The number of H-pyrrole nitrogens is 1. The van der Waals surface area contributed by atoms with E-state index < -0.39 is 5.97 Å². The Morgan fingerprint density at radius 3 is 2.88 bits per heavy atom. The number of nitrogens with one attached hydrogen (secondary N) is 1. The summed E-state index contributed by atoms with van der Waals surface area (Å²) in [6.07, 6.45) is 0.680. The van der Waals surface area contributed by atoms with Crippen LogP contribution >= 0.6 is 0 Å². The number of rotatable bonds is 4. The molecule has 0 unspecified atom stereocenters. The van der Waals surface area contributed by atoms with Gasteiger partial charge >= 0.3 is 5.97 Å². The standard InChI is InChI=1S/C13H15NO3/c1-8-9(6-7-12(15)16)10-4-3-5-11(17-2)13(10)14-8/h3-5,14H,6-7H2,1-2H3,(H,15,16). The van der Waals surface area contributed by atoms with Gasteiger partial charge in [0.15, 0.2) is 0 Å². The van der Waals surface area contributed by atoms with E-state index in [-0.39, 0.29) is 6.42 Å². The minimum Gasteiger partial charge on any atom is -0.495 e. The number of fused-ring (bicyclic) bond motifs is 1. The molecule has 0 saturated heterocycles. The summed E-state index contributed by atoms with van der Waals surface area (Å²) in [6, 6.07) is 5.79. The molecule has 0 aliphatic heterocycles. The minimum absolute atomic E-state index is 0.144. The Labute approximate surface area is 99.2 Å². The van der Waals surface area contributed by atoms with Crippen LogP contribution in [0.5, 0.6) is 5.75 Å². The van der Waals surface area contributed by atoms with Crippen molar-refractivity contribution in [1.82, 2.24) is 4.98 Å². The molecule has 0 aliphatic rings. The third-order valence-electron chi connectivity index (χ3n) is 2.93. The number of carboxylic acid groups (broad SMARTS) is 1. The predicted molar refractivity (Wildman–Crippen MR) is 65.5 cm³/mol. The van der Waals surface area contributed by atoms with Gasteiger partial charge in [-0.15, -0.1) is 0 Å². The number of hydrogen-bond acceptors (Lipinski definition) is 2. The van der Waals surface area contributed by atoms with E-state index in [1.807, 2.05) is 25.1 Å². The van der Waals surface area contributed by atoms with E-state index in [1.54, 1.807) is 7.11 Å². The summed E-state index contributed by atoms with van der Waals surface area (Å²) in [5, 5.41) is 9.79. The average molecular weight is 233 g/mol. The Hall–Kier alpha value is -1.97. The second kappa shape index (κ2) is 4.49. The first-order valence-corrected chi connectivity index (χ1v) is 5.49. The molecule has 4 nitrogen and oxygen atoms in total. The third-order valence-corrected chi connectivity index (χ3v) is 2.93. The Balaban J connectivity index is 2.48. The highest BCUT2D eigenvalue weighted by Gasteiger charge is 2.12. The van der Waals surface area contributed by atoms with Crippen LogP contribution in [-0.4, -0.2) is 23.2 Å². The first-order chi connectivity index (χ1) is 8.13. The molecule has 0 saturated carbocycles. The van der Waals surface area contributed by atoms with Crippen molar-refractivity contribution in [3.8, 4) is 5.75 Å². The van der Waals surface area contributed by atoms with Gasteiger partial charge in [-0.2, -0.15) is 0 Å². The highest BCUT2D eigenvalue weighted by molar-refractivity contribution is 5.89. The number of benzene rings is 1. The molecule has 0 radical (unpaired) electrons. The zero-order chi connectivity index (χ0) is 12.4. The van der Waals surface area contributed by atoms with E-state index >= 15 is 0 Å². The average Bonchev–Trinajstić information content (AvgIpc) is 2.62. The molecule has 2 N–H and O–H groups in total. The highest BCUT2D eigenvalue weighted by Crippen LogP contribution is 2.30. The summed E-state index contributed by atoms with van der Waals surface area (Å²) in [4.78, 5) is 13.9. The van der Waals surface area contributed by atoms with Crippen molar-refractivity contribution in [2.24, 2.45) is 0 Å². The fourth-order valence-electron chi connectivity index (χ4n) is 2.10. The molecule has 0 spiro atoms. The summed E-state index contributed by atoms with van der Waals surface area (Å²) in [5.41, 5.74) is 3.00. The van der Waals surface area contributed by atoms with Crippen LogP contribution in [0.1, 0.15) is 17.7 Å². The molecule has 0 amide bonds. The van der Waals surface area contributed by atoms with E-state index in [9.17, 15) is 4.79 Å². The van der Waals surface area contributed by atoms with Crippen LogP contribution in [0.4, 0.5) is 0 Å². The van der Waals surface area contributed by atoms with Crippen LogP contribution in [0, 0.1) is 6.92 Å². The number of carboxylic acids is 1. The molecule has 1 aromatic carbocycles. The van der Waals surface area contributed by atoms with Crippen molar-refractivity contribution in [2.45, 2.75) is 19.8 Å². The Morgan fingerprint density at radius 1 is 1.47 bits per heavy atom. The third kappa shape index (κ3) is 2.11. The maximum Gasteiger partial charge on any atom is 0.303 e. The van der Waals surface area contributed by atoms with E-state index in [0.717, 1.165) is 27.9 Å². The summed E-state index contributed by atoms with van der Waals surface area (Å²) in [5.74, 6) is 0.00817. The van der Waals surface area contributed by atoms with E-state index in [2.05, 4.69) is 4.98 Å². The molecule has 0 atom stereocenters. The van der Waals surface area contributed by atoms with Crippen LogP contribution < -0.4 is 4.74 Å². The SMILES string of the molecule is COc1cccc2c(CCC(=O)O)c(C)[nH]c12. The Kier molecular flexibility index (Phi) is 3.04. The summed E-state index contributed by atoms with van der Waals surface area (Å²) < 4.78 is 5.27. The van der Waals surface area contributed by atoms with Gasteiger partial charge in [-0.1, -0.05) is 12.1 Å². The number of aromatic nitrogens is 1. The van der Waals surface area contributed by atoms with Crippen LogP contribution in [0.2, 0.25) is 0 Å². The molecule has 0 bridgehead atoms. The van der Waals surface area contributed by atoms with Gasteiger partial charge in [0.05, 0.1) is 12.6 Å². The number of aromatic amines is 1. The molecule has 2 aromatic rings. The van der Waals surface area contributed by atoms with Gasteiger partial charge in [-0.3, -0.25) is 4.79 Å². The molecular weight excluding hydrogens is 218 g/mol. The molecule has 17 heavy (non-hydrogen) atoms. The van der Waals surface area contributed by atoms with Crippen molar-refractivity contribution >= 4 is 16.9 Å². The second-order valence-corrected chi connectivity index (χ2v) is 4.01. The molecule has 0 fully saturated rings. The first-order valence-electron chi connectivity index (χ1n) is 5.49. The number of hydrogen-bond donors (Lipinski definition) is 2. The largest absolute Gasteiger partial charge is 0.495 e. The van der Waals surface area contributed by atoms with Gasteiger partial charge in [-0.05, 0) is 25.0 Å². The summed E-state index contributed by atoms with van der Waals surface area (Å²) in [7, 11) is 1.63. The van der Waals surface area contributed by atoms with Gasteiger partial charge in [-0.25, -0.2) is 0 Å². The lowest BCUT2D eigenvalue weighted by Crippen LogP contribution is -1.97. The number of methoxy groups -OCH3 is 1. The van der Waals surface area contributed by atoms with Crippen LogP contribution in [-0.2, 0) is 11.2 Å². The molecule has 0 aliphatic carbocycles. The lowest BCUT2D eigenvalue weighted by Gasteiger charge is -2.01. The van der Waals surface area contributed by atoms with Gasteiger partial charge in [0.2, 0.25) is 0 Å². The zero-order valence-corrected chi connectivity index (χ0v) is 9.91. The molecule has 90 valence electrons. The van der Waals surface area contributed by atoms with Crippen molar-refractivity contribution in [3.63, 3.8) is 0 Å². The molecule has 4 heteroatoms. The van der Waals surface area contributed by atoms with Gasteiger partial charge in [0.1, 0.15) is 5.75 Å². The van der Waals surface area contributed by atoms with Crippen molar-refractivity contribution in [2.75, 3.05) is 7.11 Å². The van der Waals surface area contributed by atoms with Crippen molar-refractivity contribution in [1.29, 1.82) is 0 Å². The van der Waals surface area contributed by atoms with Gasteiger partial charge in [0, 0.05) is 17.5 Å². The first kappa shape index (κ1) is 11.5. The number of para-hydroxylation sites is 1. The molecule has 1 heterocycles. The maximum absolute atomic E-state index is 10.6. The van der Waals surface area contributed by atoms with Crippen LogP contribution in [0.15, 0.2) is 18.2 Å². The lowest BCUT2D eigenvalue weighted by molar-refractivity contribution is -0.136. The number of aliphatic carboxylic acids is 1. The second-order valence-electron chi connectivity index (χ2n) is 4.01. The number of ether oxygens (including phenoxy) is 1. The van der Waals surface area contributed by atoms with Gasteiger partial charge in [0.25, 0.3) is 0 Å². The molecular formula is C13H15NO3. The monoisotopic (exact) mass is 233 g/mol. The Bertz CT molecular complexity index is 557. The quantitative estimate of drug-likeness (QED) is 0.852. The fraction of sp³-hybridized carbons (Fsp3) is 0.308. The number of aryl methyl sites for hydroxylation is 2. The zero-order valence-electron chi connectivity index (χ0n) is 9.91. The predicted octanol–water partition coefficient (Wildman–Crippen LogP) is 2.50. The van der Waals surface area contributed by atoms with Gasteiger partial charge < -0.3 is 14.8 Å². The summed E-state index contributed by atoms with van der Waals surface area (Å²) >= 11 is 0. The normalized spacial score (nSPS) is 10.7.